The topological polar surface area (TPSA) is 41.6 Å². The molecular weight excluding hydrogens is 312 g/mol. The van der Waals surface area contributed by atoms with Gasteiger partial charge in [0.1, 0.15) is 0 Å². The van der Waals surface area contributed by atoms with Gasteiger partial charge in [-0.15, -0.1) is 0 Å². The number of rotatable bonds is 4. The third-order valence-corrected chi connectivity index (χ3v) is 7.18. The average Bonchev–Trinajstić information content (AvgIpc) is 2.96. The van der Waals surface area contributed by atoms with Crippen molar-refractivity contribution < 1.29 is 9.53 Å². The molecular formula is C21H36N2O2. The molecule has 0 aromatic heterocycles. The fourth-order valence-corrected chi connectivity index (χ4v) is 5.60. The van der Waals surface area contributed by atoms with Crippen LogP contribution in [-0.2, 0) is 9.53 Å². The maximum absolute atomic E-state index is 12.7. The van der Waals surface area contributed by atoms with Crippen LogP contribution in [0.5, 0.6) is 0 Å². The average molecular weight is 349 g/mol. The van der Waals surface area contributed by atoms with Gasteiger partial charge in [0.2, 0.25) is 5.91 Å². The molecule has 3 aliphatic heterocycles. The first-order valence-corrected chi connectivity index (χ1v) is 10.8. The van der Waals surface area contributed by atoms with Gasteiger partial charge in [0.25, 0.3) is 0 Å². The molecule has 142 valence electrons. The van der Waals surface area contributed by atoms with E-state index in [1.807, 2.05) is 0 Å². The van der Waals surface area contributed by atoms with Crippen LogP contribution in [0.25, 0.3) is 0 Å². The predicted octanol–water partition coefficient (Wildman–Crippen LogP) is 3.49. The highest BCUT2D eigenvalue weighted by Gasteiger charge is 2.35. The maximum atomic E-state index is 12.7. The van der Waals surface area contributed by atoms with E-state index in [9.17, 15) is 4.79 Å². The lowest BCUT2D eigenvalue weighted by Gasteiger charge is -2.36. The molecule has 2 bridgehead atoms. The second-order valence-electron chi connectivity index (χ2n) is 9.28. The zero-order valence-corrected chi connectivity index (χ0v) is 15.9. The summed E-state index contributed by atoms with van der Waals surface area (Å²) in [5, 5.41) is 3.68. The van der Waals surface area contributed by atoms with Crippen LogP contribution in [-0.4, -0.2) is 48.2 Å². The van der Waals surface area contributed by atoms with Gasteiger partial charge in [-0.05, 0) is 76.0 Å². The van der Waals surface area contributed by atoms with E-state index >= 15 is 0 Å². The van der Waals surface area contributed by atoms with E-state index in [2.05, 4.69) is 17.1 Å². The smallest absolute Gasteiger partial charge is 0.222 e. The Labute approximate surface area is 153 Å². The number of nitrogens with one attached hydrogen (secondary N) is 1. The molecule has 0 aromatic rings. The van der Waals surface area contributed by atoms with Crippen LogP contribution in [0.4, 0.5) is 0 Å². The highest BCUT2D eigenvalue weighted by molar-refractivity contribution is 5.76. The molecule has 0 aromatic carbocycles. The Morgan fingerprint density at radius 2 is 1.52 bits per heavy atom. The van der Waals surface area contributed by atoms with Crippen molar-refractivity contribution in [3.63, 3.8) is 0 Å². The number of fused-ring (bicyclic) bond motifs is 2. The first kappa shape index (κ1) is 17.8. The Morgan fingerprint density at radius 1 is 0.920 bits per heavy atom. The number of likely N-dealkylation sites (tertiary alicyclic amines) is 1. The van der Waals surface area contributed by atoms with E-state index in [0.29, 0.717) is 36.1 Å². The summed E-state index contributed by atoms with van der Waals surface area (Å²) < 4.78 is 6.35. The standard InChI is InChI=1S/C21H36N2O2/c1-15-2-6-19(7-3-15)25-20-8-10-23(11-9-20)21(24)14-16-12-17-4-5-18(13-16)22-17/h15-20,22H,2-14H2,1H3. The van der Waals surface area contributed by atoms with Gasteiger partial charge in [-0.1, -0.05) is 6.92 Å². The molecule has 4 fully saturated rings. The number of piperidine rings is 2. The third-order valence-electron chi connectivity index (χ3n) is 7.18. The Bertz CT molecular complexity index is 441. The van der Waals surface area contributed by atoms with Crippen LogP contribution in [0.15, 0.2) is 0 Å². The van der Waals surface area contributed by atoms with Crippen LogP contribution in [0.2, 0.25) is 0 Å². The molecule has 2 unspecified atom stereocenters. The molecule has 4 heteroatoms. The first-order chi connectivity index (χ1) is 12.2. The summed E-state index contributed by atoms with van der Waals surface area (Å²) in [4.78, 5) is 14.8. The van der Waals surface area contributed by atoms with Crippen molar-refractivity contribution >= 4 is 5.91 Å². The lowest BCUT2D eigenvalue weighted by molar-refractivity contribution is -0.136. The molecule has 1 saturated carbocycles. The predicted molar refractivity (Wildman–Crippen MR) is 99.4 cm³/mol. The van der Waals surface area contributed by atoms with E-state index < -0.39 is 0 Å². The van der Waals surface area contributed by atoms with Gasteiger partial charge in [-0.3, -0.25) is 4.79 Å². The van der Waals surface area contributed by atoms with Gasteiger partial charge in [0, 0.05) is 31.6 Å². The van der Waals surface area contributed by atoms with Crippen LogP contribution in [0, 0.1) is 11.8 Å². The minimum Gasteiger partial charge on any atom is -0.375 e. The highest BCUT2D eigenvalue weighted by atomic mass is 16.5. The summed E-state index contributed by atoms with van der Waals surface area (Å²) in [6, 6.07) is 1.38. The van der Waals surface area contributed by atoms with E-state index in [-0.39, 0.29) is 0 Å². The van der Waals surface area contributed by atoms with E-state index in [4.69, 9.17) is 4.74 Å². The number of ether oxygens (including phenoxy) is 1. The summed E-state index contributed by atoms with van der Waals surface area (Å²) in [7, 11) is 0. The minimum absolute atomic E-state index is 0.386. The largest absolute Gasteiger partial charge is 0.375 e. The molecule has 1 N–H and O–H groups in total. The third kappa shape index (κ3) is 4.57. The van der Waals surface area contributed by atoms with Crippen LogP contribution < -0.4 is 5.32 Å². The molecule has 25 heavy (non-hydrogen) atoms. The van der Waals surface area contributed by atoms with Crippen molar-refractivity contribution in [3.05, 3.63) is 0 Å². The molecule has 4 nitrogen and oxygen atoms in total. The highest BCUT2D eigenvalue weighted by Crippen LogP contribution is 2.33. The maximum Gasteiger partial charge on any atom is 0.222 e. The number of carbonyl (C=O) groups excluding carboxylic acids is 1. The zero-order chi connectivity index (χ0) is 17.2. The monoisotopic (exact) mass is 348 g/mol. The molecule has 4 rings (SSSR count). The molecule has 1 amide bonds. The van der Waals surface area contributed by atoms with Crippen LogP contribution >= 0.6 is 0 Å². The molecule has 3 heterocycles. The number of hydrogen-bond donors (Lipinski definition) is 1. The van der Waals surface area contributed by atoms with Crippen molar-refractivity contribution in [2.45, 2.75) is 102 Å². The molecule has 0 radical (unpaired) electrons. The number of hydrogen-bond acceptors (Lipinski definition) is 3. The molecule has 0 spiro atoms. The van der Waals surface area contributed by atoms with Gasteiger partial charge in [-0.25, -0.2) is 0 Å². The van der Waals surface area contributed by atoms with Crippen molar-refractivity contribution in [1.82, 2.24) is 10.2 Å². The van der Waals surface area contributed by atoms with E-state index in [1.54, 1.807) is 0 Å². The van der Waals surface area contributed by atoms with E-state index in [1.165, 1.54) is 51.4 Å². The zero-order valence-electron chi connectivity index (χ0n) is 15.9. The molecule has 2 atom stereocenters. The minimum atomic E-state index is 0.386. The van der Waals surface area contributed by atoms with Crippen molar-refractivity contribution in [2.24, 2.45) is 11.8 Å². The number of amides is 1. The summed E-state index contributed by atoms with van der Waals surface area (Å²) in [6.45, 7) is 4.17. The lowest BCUT2D eigenvalue weighted by Crippen LogP contribution is -2.44. The Hall–Kier alpha value is -0.610. The van der Waals surface area contributed by atoms with Gasteiger partial charge < -0.3 is 15.0 Å². The van der Waals surface area contributed by atoms with Crippen molar-refractivity contribution in [2.75, 3.05) is 13.1 Å². The summed E-state index contributed by atoms with van der Waals surface area (Å²) >= 11 is 0. The van der Waals surface area contributed by atoms with Crippen LogP contribution in [0.3, 0.4) is 0 Å². The second-order valence-corrected chi connectivity index (χ2v) is 9.28. The van der Waals surface area contributed by atoms with Crippen LogP contribution in [0.1, 0.15) is 77.6 Å². The van der Waals surface area contributed by atoms with E-state index in [0.717, 1.165) is 38.3 Å². The molecule has 3 saturated heterocycles. The normalized spacial score (nSPS) is 39.6. The summed E-state index contributed by atoms with van der Waals surface area (Å²) in [5.41, 5.74) is 0. The fourth-order valence-electron chi connectivity index (χ4n) is 5.60. The summed E-state index contributed by atoms with van der Waals surface area (Å²) in [5.74, 6) is 1.89. The second kappa shape index (κ2) is 7.96. The molecule has 1 aliphatic carbocycles. The Balaban J connectivity index is 1.17. The lowest BCUT2D eigenvalue weighted by atomic mass is 9.88. The summed E-state index contributed by atoms with van der Waals surface area (Å²) in [6.07, 6.45) is 13.9. The Morgan fingerprint density at radius 3 is 2.16 bits per heavy atom. The number of nitrogens with zero attached hydrogens (tertiary/aromatic N) is 1. The van der Waals surface area contributed by atoms with Gasteiger partial charge >= 0.3 is 0 Å². The van der Waals surface area contributed by atoms with Crippen molar-refractivity contribution in [3.8, 4) is 0 Å². The van der Waals surface area contributed by atoms with Crippen molar-refractivity contribution in [1.29, 1.82) is 0 Å². The SMILES string of the molecule is CC1CCC(OC2CCN(C(=O)CC3CC4CCC(C3)N4)CC2)CC1. The quantitative estimate of drug-likeness (QED) is 0.845. The fraction of sp³-hybridized carbons (Fsp3) is 0.952. The molecule has 4 aliphatic rings. The van der Waals surface area contributed by atoms with Gasteiger partial charge in [0.05, 0.1) is 12.2 Å². The first-order valence-electron chi connectivity index (χ1n) is 10.8. The number of carbonyl (C=O) groups is 1. The van der Waals surface area contributed by atoms with Gasteiger partial charge in [0.15, 0.2) is 0 Å². The van der Waals surface area contributed by atoms with Gasteiger partial charge in [-0.2, -0.15) is 0 Å². The Kier molecular flexibility index (Phi) is 5.66.